The number of carbonyl (C=O) groups excluding carboxylic acids is 2. The highest BCUT2D eigenvalue weighted by molar-refractivity contribution is 6.13. The molecule has 176 valence electrons. The molecule has 2 amide bonds. The van der Waals surface area contributed by atoms with E-state index in [9.17, 15) is 19.7 Å². The largest absolute Gasteiger partial charge is 0.403 e. The van der Waals surface area contributed by atoms with Gasteiger partial charge in [0, 0.05) is 34.5 Å². The molecule has 10 heteroatoms. The molecule has 2 N–H and O–H groups in total. The summed E-state index contributed by atoms with van der Waals surface area (Å²) in [6.45, 7) is 0. The number of nitrogens with one attached hydrogen (secondary N) is 2. The zero-order chi connectivity index (χ0) is 25.1. The number of rotatable bonds is 6. The summed E-state index contributed by atoms with van der Waals surface area (Å²) in [5, 5.41) is 25.6. The second-order valence-electron chi connectivity index (χ2n) is 7.73. The van der Waals surface area contributed by atoms with Gasteiger partial charge >= 0.3 is 6.01 Å². The van der Waals surface area contributed by atoms with E-state index < -0.39 is 10.8 Å². The molecule has 1 heterocycles. The summed E-state index contributed by atoms with van der Waals surface area (Å²) in [6, 6.07) is 25.0. The minimum Gasteiger partial charge on any atom is -0.403 e. The number of hydrogen-bond acceptors (Lipinski definition) is 7. The number of nitro groups is 1. The molecule has 36 heavy (non-hydrogen) atoms. The quantitative estimate of drug-likeness (QED) is 0.249. The van der Waals surface area contributed by atoms with E-state index in [0.717, 1.165) is 10.8 Å². The summed E-state index contributed by atoms with van der Waals surface area (Å²) in [5.41, 5.74) is 1.80. The molecule has 5 aromatic rings. The van der Waals surface area contributed by atoms with Crippen molar-refractivity contribution < 1.29 is 18.9 Å². The number of hydrogen-bond donors (Lipinski definition) is 2. The fourth-order valence-electron chi connectivity index (χ4n) is 3.61. The molecular formula is C26H17N5O5. The van der Waals surface area contributed by atoms with Crippen molar-refractivity contribution in [3.05, 3.63) is 112 Å². The number of non-ortho nitro benzene ring substituents is 1. The Hall–Kier alpha value is -5.38. The van der Waals surface area contributed by atoms with Crippen LogP contribution in [0.15, 0.2) is 95.4 Å². The van der Waals surface area contributed by atoms with Crippen LogP contribution in [0.2, 0.25) is 0 Å². The lowest BCUT2D eigenvalue weighted by Crippen LogP contribution is -2.14. The van der Waals surface area contributed by atoms with Gasteiger partial charge in [-0.15, -0.1) is 5.10 Å². The molecule has 0 unspecified atom stereocenters. The molecule has 0 aliphatic rings. The van der Waals surface area contributed by atoms with E-state index in [0.29, 0.717) is 22.4 Å². The van der Waals surface area contributed by atoms with Crippen LogP contribution in [0.1, 0.15) is 20.7 Å². The van der Waals surface area contributed by atoms with Crippen molar-refractivity contribution >= 4 is 40.0 Å². The lowest BCUT2D eigenvalue weighted by molar-refractivity contribution is -0.384. The van der Waals surface area contributed by atoms with Gasteiger partial charge in [-0.2, -0.15) is 0 Å². The lowest BCUT2D eigenvalue weighted by atomic mass is 10.0. The number of benzene rings is 4. The summed E-state index contributed by atoms with van der Waals surface area (Å²) in [5.74, 6) is -0.638. The number of nitrogens with zero attached hydrogens (tertiary/aromatic N) is 3. The van der Waals surface area contributed by atoms with Crippen molar-refractivity contribution in [3.8, 4) is 11.5 Å². The van der Waals surface area contributed by atoms with E-state index in [1.54, 1.807) is 30.3 Å². The van der Waals surface area contributed by atoms with Crippen LogP contribution in [0.5, 0.6) is 0 Å². The number of fused-ring (bicyclic) bond motifs is 1. The van der Waals surface area contributed by atoms with Gasteiger partial charge in [0.05, 0.1) is 4.92 Å². The molecule has 0 saturated heterocycles. The first-order chi connectivity index (χ1) is 17.5. The van der Waals surface area contributed by atoms with E-state index in [1.165, 1.54) is 24.3 Å². The number of amides is 2. The Bertz CT molecular complexity index is 1590. The predicted octanol–water partition coefficient (Wildman–Crippen LogP) is 5.30. The van der Waals surface area contributed by atoms with Gasteiger partial charge < -0.3 is 9.73 Å². The van der Waals surface area contributed by atoms with Crippen molar-refractivity contribution in [2.45, 2.75) is 0 Å². The zero-order valence-corrected chi connectivity index (χ0v) is 18.5. The first kappa shape index (κ1) is 22.4. The van der Waals surface area contributed by atoms with Crippen molar-refractivity contribution in [1.82, 2.24) is 10.2 Å². The second-order valence-corrected chi connectivity index (χ2v) is 7.73. The van der Waals surface area contributed by atoms with Gasteiger partial charge in [0.1, 0.15) is 0 Å². The third kappa shape index (κ3) is 4.64. The van der Waals surface area contributed by atoms with Gasteiger partial charge in [0.15, 0.2) is 0 Å². The van der Waals surface area contributed by atoms with Gasteiger partial charge in [-0.1, -0.05) is 41.5 Å². The maximum absolute atomic E-state index is 12.8. The average Bonchev–Trinajstić information content (AvgIpc) is 3.37. The van der Waals surface area contributed by atoms with Gasteiger partial charge in [0.25, 0.3) is 17.5 Å². The Morgan fingerprint density at radius 2 is 1.50 bits per heavy atom. The molecule has 0 aliphatic carbocycles. The fraction of sp³-hybridized carbons (Fsp3) is 0. The van der Waals surface area contributed by atoms with E-state index >= 15 is 0 Å². The van der Waals surface area contributed by atoms with Crippen molar-refractivity contribution in [2.24, 2.45) is 0 Å². The molecule has 0 fully saturated rings. The van der Waals surface area contributed by atoms with Crippen LogP contribution in [0.4, 0.5) is 17.4 Å². The predicted molar refractivity (Wildman–Crippen MR) is 133 cm³/mol. The first-order valence-corrected chi connectivity index (χ1v) is 10.8. The highest BCUT2D eigenvalue weighted by atomic mass is 16.6. The number of aromatic nitrogens is 2. The molecule has 0 saturated carbocycles. The summed E-state index contributed by atoms with van der Waals surface area (Å²) in [7, 11) is 0. The minimum absolute atomic E-state index is 0.0662. The Kier molecular flexibility index (Phi) is 5.90. The summed E-state index contributed by atoms with van der Waals surface area (Å²) < 4.78 is 5.44. The molecular weight excluding hydrogens is 462 g/mol. The molecule has 0 aliphatic heterocycles. The zero-order valence-electron chi connectivity index (χ0n) is 18.5. The monoisotopic (exact) mass is 479 g/mol. The first-order valence-electron chi connectivity index (χ1n) is 10.8. The average molecular weight is 479 g/mol. The summed E-state index contributed by atoms with van der Waals surface area (Å²) in [6.07, 6.45) is 0. The molecule has 4 aromatic carbocycles. The van der Waals surface area contributed by atoms with Gasteiger partial charge in [-0.25, -0.2) is 0 Å². The lowest BCUT2D eigenvalue weighted by Gasteiger charge is -2.09. The van der Waals surface area contributed by atoms with Crippen molar-refractivity contribution in [2.75, 3.05) is 10.6 Å². The topological polar surface area (TPSA) is 140 Å². The van der Waals surface area contributed by atoms with Crippen LogP contribution in [0, 0.1) is 10.1 Å². The van der Waals surface area contributed by atoms with Crippen LogP contribution in [0.3, 0.4) is 0 Å². The maximum atomic E-state index is 12.8. The molecule has 1 aromatic heterocycles. The third-order valence-corrected chi connectivity index (χ3v) is 5.41. The number of anilines is 2. The molecule has 10 nitrogen and oxygen atoms in total. The van der Waals surface area contributed by atoms with Gasteiger partial charge in [-0.05, 0) is 53.2 Å². The SMILES string of the molecule is O=C(Nc1nnc(-c2ccc([N+](=O)[O-])cc2)o1)c1ccc(NC(=O)c2cccc3ccccc23)cc1. The molecule has 5 rings (SSSR count). The summed E-state index contributed by atoms with van der Waals surface area (Å²) in [4.78, 5) is 35.7. The van der Waals surface area contributed by atoms with Crippen molar-refractivity contribution in [1.29, 1.82) is 0 Å². The Balaban J connectivity index is 1.24. The van der Waals surface area contributed by atoms with Crippen LogP contribution < -0.4 is 10.6 Å². The van der Waals surface area contributed by atoms with E-state index in [4.69, 9.17) is 4.42 Å². The molecule has 0 atom stereocenters. The smallest absolute Gasteiger partial charge is 0.322 e. The van der Waals surface area contributed by atoms with E-state index in [1.807, 2.05) is 36.4 Å². The fourth-order valence-corrected chi connectivity index (χ4v) is 3.61. The molecule has 0 radical (unpaired) electrons. The Labute approximate surface area is 203 Å². The number of nitro benzene ring substituents is 1. The third-order valence-electron chi connectivity index (χ3n) is 5.41. The minimum atomic E-state index is -0.510. The molecule has 0 bridgehead atoms. The van der Waals surface area contributed by atoms with E-state index in [2.05, 4.69) is 20.8 Å². The van der Waals surface area contributed by atoms with Crippen LogP contribution in [-0.4, -0.2) is 26.9 Å². The standard InChI is InChI=1S/C26H17N5O5/c32-23(28-26-30-29-25(36-26)18-10-14-20(15-11-18)31(34)35)17-8-12-19(13-9-17)27-24(33)22-7-3-5-16-4-1-2-6-21(16)22/h1-15H,(H,27,33)(H,28,30,32). The molecule has 0 spiro atoms. The van der Waals surface area contributed by atoms with Gasteiger partial charge in [0.2, 0.25) is 5.89 Å². The van der Waals surface area contributed by atoms with Gasteiger partial charge in [-0.3, -0.25) is 25.0 Å². The Morgan fingerprint density at radius 1 is 0.778 bits per heavy atom. The summed E-state index contributed by atoms with van der Waals surface area (Å²) >= 11 is 0. The Morgan fingerprint density at radius 3 is 2.25 bits per heavy atom. The highest BCUT2D eigenvalue weighted by Crippen LogP contribution is 2.23. The van der Waals surface area contributed by atoms with Crippen LogP contribution in [-0.2, 0) is 0 Å². The highest BCUT2D eigenvalue weighted by Gasteiger charge is 2.15. The second kappa shape index (κ2) is 9.47. The normalized spacial score (nSPS) is 10.7. The van der Waals surface area contributed by atoms with Crippen LogP contribution >= 0.6 is 0 Å². The van der Waals surface area contributed by atoms with E-state index in [-0.39, 0.29) is 23.5 Å². The maximum Gasteiger partial charge on any atom is 0.322 e. The van der Waals surface area contributed by atoms with Crippen LogP contribution in [0.25, 0.3) is 22.2 Å². The number of carbonyl (C=O) groups is 2. The van der Waals surface area contributed by atoms with Crippen molar-refractivity contribution in [3.63, 3.8) is 0 Å².